The highest BCUT2D eigenvalue weighted by molar-refractivity contribution is 9.10. The highest BCUT2D eigenvalue weighted by Gasteiger charge is 2.42. The molecule has 0 spiro atoms. The number of rotatable bonds is 5. The van der Waals surface area contributed by atoms with Crippen LogP contribution in [0.5, 0.6) is 11.5 Å². The average molecular weight is 472 g/mol. The van der Waals surface area contributed by atoms with Gasteiger partial charge in [0.15, 0.2) is 23.1 Å². The van der Waals surface area contributed by atoms with E-state index in [4.69, 9.17) is 9.47 Å². The Morgan fingerprint density at radius 3 is 2.23 bits per heavy atom. The molecule has 1 heterocycles. The molecule has 0 saturated heterocycles. The standard InChI is InChI=1S/C24H26BrNO4/c1-4-11-30-24-15(25)12-14(13-20(24)29-3)21-22-16(7-5-9-18(22)27)26(2)17-8-6-10-19(28)23(17)21/h4,12-13,21H,1,5-11H2,2-3H3. The van der Waals surface area contributed by atoms with Crippen LogP contribution in [0.4, 0.5) is 0 Å². The largest absolute Gasteiger partial charge is 0.493 e. The quantitative estimate of drug-likeness (QED) is 0.561. The third kappa shape index (κ3) is 3.41. The molecule has 0 unspecified atom stereocenters. The summed E-state index contributed by atoms with van der Waals surface area (Å²) < 4.78 is 12.1. The van der Waals surface area contributed by atoms with Crippen LogP contribution in [0, 0.1) is 0 Å². The van der Waals surface area contributed by atoms with Gasteiger partial charge in [-0.15, -0.1) is 0 Å². The molecule has 0 aromatic heterocycles. The molecule has 4 rings (SSSR count). The predicted octanol–water partition coefficient (Wildman–Crippen LogP) is 5.07. The molecule has 0 fully saturated rings. The summed E-state index contributed by atoms with van der Waals surface area (Å²) in [5.74, 6) is 1.07. The van der Waals surface area contributed by atoms with E-state index in [2.05, 4.69) is 27.4 Å². The number of ether oxygens (including phenoxy) is 2. The number of hydrogen-bond acceptors (Lipinski definition) is 5. The molecule has 0 N–H and O–H groups in total. The molecular formula is C24H26BrNO4. The van der Waals surface area contributed by atoms with Crippen LogP contribution >= 0.6 is 15.9 Å². The maximum atomic E-state index is 13.1. The topological polar surface area (TPSA) is 55.8 Å². The van der Waals surface area contributed by atoms with Crippen molar-refractivity contribution in [3.8, 4) is 11.5 Å². The maximum absolute atomic E-state index is 13.1. The van der Waals surface area contributed by atoms with Gasteiger partial charge in [0.1, 0.15) is 6.61 Å². The third-order valence-electron chi connectivity index (χ3n) is 6.18. The van der Waals surface area contributed by atoms with Gasteiger partial charge < -0.3 is 14.4 Å². The number of nitrogens with zero attached hydrogens (tertiary/aromatic N) is 1. The van der Waals surface area contributed by atoms with Crippen LogP contribution in [0.1, 0.15) is 50.0 Å². The second kappa shape index (κ2) is 8.42. The van der Waals surface area contributed by atoms with Crippen LogP contribution in [0.3, 0.4) is 0 Å². The first-order valence-electron chi connectivity index (χ1n) is 10.3. The van der Waals surface area contributed by atoms with Crippen LogP contribution in [0.25, 0.3) is 0 Å². The normalized spacial score (nSPS) is 19.6. The van der Waals surface area contributed by atoms with Crippen molar-refractivity contribution < 1.29 is 19.1 Å². The first kappa shape index (κ1) is 20.9. The molecule has 30 heavy (non-hydrogen) atoms. The summed E-state index contributed by atoms with van der Waals surface area (Å²) in [5.41, 5.74) is 4.54. The van der Waals surface area contributed by atoms with E-state index < -0.39 is 0 Å². The lowest BCUT2D eigenvalue weighted by molar-refractivity contribution is -0.117. The number of ketones is 2. The molecule has 1 aromatic carbocycles. The molecule has 0 amide bonds. The van der Waals surface area contributed by atoms with E-state index in [0.29, 0.717) is 30.9 Å². The van der Waals surface area contributed by atoms with Gasteiger partial charge in [-0.2, -0.15) is 0 Å². The van der Waals surface area contributed by atoms with Gasteiger partial charge in [0.25, 0.3) is 0 Å². The van der Waals surface area contributed by atoms with Crippen molar-refractivity contribution in [3.05, 3.63) is 57.4 Å². The minimum absolute atomic E-state index is 0.139. The number of carbonyl (C=O) groups is 2. The number of halogens is 1. The summed E-state index contributed by atoms with van der Waals surface area (Å²) in [6.07, 6.45) is 6.15. The zero-order valence-corrected chi connectivity index (χ0v) is 19.0. The molecule has 1 aromatic rings. The van der Waals surface area contributed by atoms with Crippen molar-refractivity contribution in [2.24, 2.45) is 0 Å². The van der Waals surface area contributed by atoms with Crippen LogP contribution in [0.15, 0.2) is 51.8 Å². The minimum atomic E-state index is -0.356. The smallest absolute Gasteiger partial charge is 0.175 e. The first-order chi connectivity index (χ1) is 14.5. The number of benzene rings is 1. The van der Waals surface area contributed by atoms with Gasteiger partial charge in [-0.05, 0) is 59.3 Å². The zero-order chi connectivity index (χ0) is 21.4. The molecule has 158 valence electrons. The van der Waals surface area contributed by atoms with Crippen LogP contribution < -0.4 is 9.47 Å². The Balaban J connectivity index is 1.92. The van der Waals surface area contributed by atoms with E-state index in [9.17, 15) is 9.59 Å². The highest BCUT2D eigenvalue weighted by Crippen LogP contribution is 2.50. The maximum Gasteiger partial charge on any atom is 0.175 e. The lowest BCUT2D eigenvalue weighted by Crippen LogP contribution is -2.37. The number of carbonyl (C=O) groups excluding carboxylic acids is 2. The molecule has 5 nitrogen and oxygen atoms in total. The van der Waals surface area contributed by atoms with Gasteiger partial charge in [-0.25, -0.2) is 0 Å². The molecule has 2 aliphatic carbocycles. The Morgan fingerprint density at radius 1 is 1.10 bits per heavy atom. The minimum Gasteiger partial charge on any atom is -0.493 e. The Hall–Kier alpha value is -2.34. The van der Waals surface area contributed by atoms with Gasteiger partial charge in [-0.3, -0.25) is 9.59 Å². The summed E-state index contributed by atoms with van der Waals surface area (Å²) in [6.45, 7) is 4.04. The molecule has 0 bridgehead atoms. The first-order valence-corrected chi connectivity index (χ1v) is 11.1. The van der Waals surface area contributed by atoms with Crippen LogP contribution in [0.2, 0.25) is 0 Å². The molecule has 1 aliphatic heterocycles. The van der Waals surface area contributed by atoms with Crippen LogP contribution in [-0.4, -0.2) is 37.2 Å². The molecule has 0 atom stereocenters. The fourth-order valence-corrected chi connectivity index (χ4v) is 5.45. The molecule has 6 heteroatoms. The van der Waals surface area contributed by atoms with E-state index in [1.807, 2.05) is 19.2 Å². The number of hydrogen-bond donors (Lipinski definition) is 0. The average Bonchev–Trinajstić information content (AvgIpc) is 2.74. The van der Waals surface area contributed by atoms with Gasteiger partial charge in [0, 0.05) is 48.3 Å². The van der Waals surface area contributed by atoms with E-state index in [1.54, 1.807) is 13.2 Å². The van der Waals surface area contributed by atoms with Crippen molar-refractivity contribution >= 4 is 27.5 Å². The lowest BCUT2D eigenvalue weighted by Gasteiger charge is -2.42. The Bertz CT molecular complexity index is 947. The summed E-state index contributed by atoms with van der Waals surface area (Å²) in [5, 5.41) is 0. The number of allylic oxidation sites excluding steroid dienone is 4. The Labute approximate surface area is 185 Å². The van der Waals surface area contributed by atoms with Gasteiger partial charge in [0.05, 0.1) is 11.6 Å². The van der Waals surface area contributed by atoms with E-state index in [0.717, 1.165) is 58.3 Å². The number of Topliss-reactive ketones (excluding diaryl/α,β-unsaturated/α-hetero) is 2. The second-order valence-electron chi connectivity index (χ2n) is 7.90. The zero-order valence-electron chi connectivity index (χ0n) is 17.4. The number of methoxy groups -OCH3 is 1. The summed E-state index contributed by atoms with van der Waals surface area (Å²) >= 11 is 3.60. The molecular weight excluding hydrogens is 446 g/mol. The fourth-order valence-electron chi connectivity index (χ4n) is 4.87. The summed E-state index contributed by atoms with van der Waals surface area (Å²) in [7, 11) is 3.59. The van der Waals surface area contributed by atoms with Crippen molar-refractivity contribution in [2.45, 2.75) is 44.4 Å². The monoisotopic (exact) mass is 471 g/mol. The SMILES string of the molecule is C=CCOc1c(Br)cc(C2C3=C(CCCC3=O)N(C)C3=C2C(=O)CCC3)cc1OC. The van der Waals surface area contributed by atoms with Gasteiger partial charge in [-0.1, -0.05) is 12.7 Å². The van der Waals surface area contributed by atoms with Crippen molar-refractivity contribution in [3.63, 3.8) is 0 Å². The predicted molar refractivity (Wildman–Crippen MR) is 119 cm³/mol. The van der Waals surface area contributed by atoms with E-state index in [-0.39, 0.29) is 17.5 Å². The van der Waals surface area contributed by atoms with Gasteiger partial charge in [0.2, 0.25) is 0 Å². The van der Waals surface area contributed by atoms with E-state index in [1.165, 1.54) is 0 Å². The van der Waals surface area contributed by atoms with E-state index >= 15 is 0 Å². The third-order valence-corrected chi connectivity index (χ3v) is 6.76. The molecule has 0 radical (unpaired) electrons. The molecule has 3 aliphatic rings. The summed E-state index contributed by atoms with van der Waals surface area (Å²) in [4.78, 5) is 28.3. The summed E-state index contributed by atoms with van der Waals surface area (Å²) in [6, 6.07) is 3.86. The molecule has 0 saturated carbocycles. The lowest BCUT2D eigenvalue weighted by atomic mass is 9.71. The fraction of sp³-hybridized carbons (Fsp3) is 0.417. The van der Waals surface area contributed by atoms with Crippen molar-refractivity contribution in [1.29, 1.82) is 0 Å². The second-order valence-corrected chi connectivity index (χ2v) is 8.75. The van der Waals surface area contributed by atoms with Gasteiger partial charge >= 0.3 is 0 Å². The highest BCUT2D eigenvalue weighted by atomic mass is 79.9. The Kier molecular flexibility index (Phi) is 5.87. The van der Waals surface area contributed by atoms with Crippen molar-refractivity contribution in [2.75, 3.05) is 20.8 Å². The van der Waals surface area contributed by atoms with Crippen molar-refractivity contribution in [1.82, 2.24) is 4.90 Å². The Morgan fingerprint density at radius 2 is 1.70 bits per heavy atom. The van der Waals surface area contributed by atoms with Crippen LogP contribution in [-0.2, 0) is 9.59 Å².